The van der Waals surface area contributed by atoms with E-state index < -0.39 is 33.9 Å². The lowest BCUT2D eigenvalue weighted by atomic mass is 10.1. The normalized spacial score (nSPS) is 11.2. The standard InChI is InChI=1S/C31H28N4O7S2/c1-4-42-31(39)25-18(2)26(29(38)32-21-11-6-5-7-12-21)44-30(25)34-27(36)19(3)43-24-15-9-13-22(17-24)33-28(37)20-10-8-14-23(16-20)35(40)41/h5-17,19H,4H2,1-3H3,(H,32,38)(H,33,37)(H,34,36). The molecule has 0 aliphatic heterocycles. The maximum absolute atomic E-state index is 13.3. The van der Waals surface area contributed by atoms with Crippen LogP contribution < -0.4 is 16.0 Å². The summed E-state index contributed by atoms with van der Waals surface area (Å²) in [5.74, 6) is -2.00. The predicted octanol–water partition coefficient (Wildman–Crippen LogP) is 6.77. The SMILES string of the molecule is CCOC(=O)c1c(NC(=O)C(C)Sc2cccc(NC(=O)c3cccc([N+](=O)[O-])c3)c2)sc(C(=O)Nc2ccccc2)c1C. The van der Waals surface area contributed by atoms with Gasteiger partial charge in [-0.2, -0.15) is 0 Å². The molecule has 3 amide bonds. The summed E-state index contributed by atoms with van der Waals surface area (Å²) in [6, 6.07) is 21.1. The summed E-state index contributed by atoms with van der Waals surface area (Å²) in [5.41, 5.74) is 1.47. The molecule has 0 saturated heterocycles. The van der Waals surface area contributed by atoms with Crippen LogP contribution in [-0.4, -0.2) is 40.5 Å². The van der Waals surface area contributed by atoms with Crippen molar-refractivity contribution >= 4 is 68.9 Å². The zero-order valence-electron chi connectivity index (χ0n) is 23.9. The Hall–Kier alpha value is -5.01. The molecule has 11 nitrogen and oxygen atoms in total. The van der Waals surface area contributed by atoms with E-state index in [1.807, 2.05) is 6.07 Å². The number of hydrogen-bond donors (Lipinski definition) is 3. The molecule has 44 heavy (non-hydrogen) atoms. The zero-order chi connectivity index (χ0) is 31.8. The molecular formula is C31H28N4O7S2. The number of nitrogens with zero attached hydrogens (tertiary/aromatic N) is 1. The fourth-order valence-corrected chi connectivity index (χ4v) is 6.08. The van der Waals surface area contributed by atoms with E-state index in [1.54, 1.807) is 69.3 Å². The molecule has 3 N–H and O–H groups in total. The van der Waals surface area contributed by atoms with Crippen molar-refractivity contribution in [2.45, 2.75) is 30.9 Å². The fraction of sp³-hybridized carbons (Fsp3) is 0.161. The highest BCUT2D eigenvalue weighted by Crippen LogP contribution is 2.35. The van der Waals surface area contributed by atoms with Crippen molar-refractivity contribution in [2.24, 2.45) is 0 Å². The summed E-state index contributed by atoms with van der Waals surface area (Å²) >= 11 is 2.20. The highest BCUT2D eigenvalue weighted by molar-refractivity contribution is 8.00. The van der Waals surface area contributed by atoms with E-state index >= 15 is 0 Å². The van der Waals surface area contributed by atoms with E-state index in [0.717, 1.165) is 11.3 Å². The second kappa shape index (κ2) is 14.4. The third kappa shape index (κ3) is 7.88. The van der Waals surface area contributed by atoms with Crippen molar-refractivity contribution in [3.05, 3.63) is 111 Å². The molecule has 1 atom stereocenters. The summed E-state index contributed by atoms with van der Waals surface area (Å²) in [6.07, 6.45) is 0. The number of thioether (sulfide) groups is 1. The van der Waals surface area contributed by atoms with Crippen LogP contribution in [0.5, 0.6) is 0 Å². The van der Waals surface area contributed by atoms with Crippen molar-refractivity contribution in [3.63, 3.8) is 0 Å². The number of non-ortho nitro benzene ring substituents is 1. The maximum Gasteiger partial charge on any atom is 0.341 e. The van der Waals surface area contributed by atoms with E-state index in [9.17, 15) is 29.3 Å². The minimum atomic E-state index is -0.650. The Morgan fingerprint density at radius 3 is 2.30 bits per heavy atom. The van der Waals surface area contributed by atoms with Crippen LogP contribution in [0.25, 0.3) is 0 Å². The number of nitro groups is 1. The van der Waals surface area contributed by atoms with Gasteiger partial charge in [0.1, 0.15) is 5.00 Å². The van der Waals surface area contributed by atoms with Crippen LogP contribution in [0.2, 0.25) is 0 Å². The Morgan fingerprint density at radius 2 is 1.59 bits per heavy atom. The number of nitrogens with one attached hydrogen (secondary N) is 3. The number of carbonyl (C=O) groups is 4. The van der Waals surface area contributed by atoms with Crippen molar-refractivity contribution in [2.75, 3.05) is 22.6 Å². The second-order valence-corrected chi connectivity index (χ2v) is 11.8. The van der Waals surface area contributed by atoms with Gasteiger partial charge < -0.3 is 20.7 Å². The van der Waals surface area contributed by atoms with Crippen LogP contribution >= 0.6 is 23.1 Å². The third-order valence-electron chi connectivity index (χ3n) is 6.19. The molecule has 0 bridgehead atoms. The molecule has 4 aromatic rings. The van der Waals surface area contributed by atoms with Gasteiger partial charge in [0, 0.05) is 34.0 Å². The first kappa shape index (κ1) is 31.9. The van der Waals surface area contributed by atoms with Crippen LogP contribution in [0.15, 0.2) is 83.8 Å². The number of anilines is 3. The molecule has 3 aromatic carbocycles. The van der Waals surface area contributed by atoms with E-state index in [4.69, 9.17) is 4.74 Å². The molecule has 1 heterocycles. The van der Waals surface area contributed by atoms with Crippen LogP contribution in [0.3, 0.4) is 0 Å². The monoisotopic (exact) mass is 632 g/mol. The van der Waals surface area contributed by atoms with Crippen molar-refractivity contribution < 1.29 is 28.8 Å². The molecule has 0 radical (unpaired) electrons. The first-order valence-electron chi connectivity index (χ1n) is 13.4. The minimum absolute atomic E-state index is 0.117. The molecule has 0 fully saturated rings. The van der Waals surface area contributed by atoms with Gasteiger partial charge in [0.25, 0.3) is 17.5 Å². The van der Waals surface area contributed by atoms with Crippen molar-refractivity contribution in [1.29, 1.82) is 0 Å². The van der Waals surface area contributed by atoms with E-state index in [2.05, 4.69) is 16.0 Å². The molecule has 0 aliphatic carbocycles. The lowest BCUT2D eigenvalue weighted by Gasteiger charge is -2.13. The van der Waals surface area contributed by atoms with Crippen LogP contribution in [0.4, 0.5) is 22.1 Å². The first-order valence-corrected chi connectivity index (χ1v) is 15.1. The quantitative estimate of drug-likeness (QED) is 0.0708. The van der Waals surface area contributed by atoms with Gasteiger partial charge in [-0.3, -0.25) is 24.5 Å². The molecule has 4 rings (SSSR count). The van der Waals surface area contributed by atoms with Gasteiger partial charge in [0.15, 0.2) is 0 Å². The van der Waals surface area contributed by atoms with E-state index in [1.165, 1.54) is 36.0 Å². The van der Waals surface area contributed by atoms with Gasteiger partial charge in [0.05, 0.1) is 27.2 Å². The second-order valence-electron chi connectivity index (χ2n) is 9.34. The van der Waals surface area contributed by atoms with Gasteiger partial charge in [-0.05, 0) is 62.7 Å². The average Bonchev–Trinajstić information content (AvgIpc) is 3.33. The molecule has 0 spiro atoms. The number of benzene rings is 3. The number of para-hydroxylation sites is 1. The Labute approximate surface area is 261 Å². The van der Waals surface area contributed by atoms with Crippen molar-refractivity contribution in [1.82, 2.24) is 0 Å². The smallest absolute Gasteiger partial charge is 0.341 e. The summed E-state index contributed by atoms with van der Waals surface area (Å²) in [4.78, 5) is 63.2. The number of amides is 3. The van der Waals surface area contributed by atoms with Gasteiger partial charge in [-0.1, -0.05) is 30.3 Å². The average molecular weight is 633 g/mol. The summed E-state index contributed by atoms with van der Waals surface area (Å²) in [5, 5.41) is 18.9. The maximum atomic E-state index is 13.3. The number of hydrogen-bond acceptors (Lipinski definition) is 9. The number of nitro benzene ring substituents is 1. The molecule has 1 unspecified atom stereocenters. The lowest BCUT2D eigenvalue weighted by Crippen LogP contribution is -2.23. The highest BCUT2D eigenvalue weighted by atomic mass is 32.2. The number of rotatable bonds is 11. The largest absolute Gasteiger partial charge is 0.462 e. The summed E-state index contributed by atoms with van der Waals surface area (Å²) in [7, 11) is 0. The summed E-state index contributed by atoms with van der Waals surface area (Å²) in [6.45, 7) is 5.10. The van der Waals surface area contributed by atoms with E-state index in [0.29, 0.717) is 21.8 Å². The zero-order valence-corrected chi connectivity index (χ0v) is 25.5. The molecule has 0 saturated carbocycles. The van der Waals surface area contributed by atoms with Gasteiger partial charge in [-0.15, -0.1) is 23.1 Å². The van der Waals surface area contributed by atoms with Crippen LogP contribution in [0.1, 0.15) is 49.8 Å². The third-order valence-corrected chi connectivity index (χ3v) is 8.49. The highest BCUT2D eigenvalue weighted by Gasteiger charge is 2.28. The Kier molecular flexibility index (Phi) is 10.5. The number of esters is 1. The molecule has 1 aromatic heterocycles. The summed E-state index contributed by atoms with van der Waals surface area (Å²) < 4.78 is 5.21. The van der Waals surface area contributed by atoms with Gasteiger partial charge in [-0.25, -0.2) is 4.79 Å². The van der Waals surface area contributed by atoms with E-state index in [-0.39, 0.29) is 33.3 Å². The lowest BCUT2D eigenvalue weighted by molar-refractivity contribution is -0.384. The minimum Gasteiger partial charge on any atom is -0.462 e. The Balaban J connectivity index is 1.48. The Morgan fingerprint density at radius 1 is 0.909 bits per heavy atom. The fourth-order valence-electron chi connectivity index (χ4n) is 4.06. The van der Waals surface area contributed by atoms with Gasteiger partial charge in [0.2, 0.25) is 5.91 Å². The predicted molar refractivity (Wildman–Crippen MR) is 171 cm³/mol. The number of thiophene rings is 1. The Bertz CT molecular complexity index is 1720. The number of ether oxygens (including phenoxy) is 1. The van der Waals surface area contributed by atoms with Gasteiger partial charge >= 0.3 is 5.97 Å². The molecule has 0 aliphatic rings. The van der Waals surface area contributed by atoms with Crippen LogP contribution in [0, 0.1) is 17.0 Å². The molecule has 226 valence electrons. The van der Waals surface area contributed by atoms with Crippen LogP contribution in [-0.2, 0) is 9.53 Å². The van der Waals surface area contributed by atoms with Crippen molar-refractivity contribution in [3.8, 4) is 0 Å². The number of carbonyl (C=O) groups excluding carboxylic acids is 4. The topological polar surface area (TPSA) is 157 Å². The molecule has 13 heteroatoms. The first-order chi connectivity index (χ1) is 21.1. The molecular weight excluding hydrogens is 604 g/mol.